The van der Waals surface area contributed by atoms with Crippen molar-refractivity contribution in [2.75, 3.05) is 14.2 Å². The molecular formula is C22H17N3O7. The second-order valence-corrected chi connectivity index (χ2v) is 6.44. The van der Waals surface area contributed by atoms with Crippen molar-refractivity contribution in [3.63, 3.8) is 0 Å². The van der Waals surface area contributed by atoms with Gasteiger partial charge >= 0.3 is 5.97 Å². The molecule has 10 nitrogen and oxygen atoms in total. The molecule has 0 fully saturated rings. The normalized spacial score (nSPS) is 10.8. The maximum absolute atomic E-state index is 12.2. The van der Waals surface area contributed by atoms with Gasteiger partial charge in [-0.1, -0.05) is 18.2 Å². The number of benzene rings is 1. The summed E-state index contributed by atoms with van der Waals surface area (Å²) in [6.07, 6.45) is 2.72. The molecular weight excluding hydrogens is 418 g/mol. The first-order valence-corrected chi connectivity index (χ1v) is 9.19. The van der Waals surface area contributed by atoms with Gasteiger partial charge in [0.2, 0.25) is 0 Å². The van der Waals surface area contributed by atoms with E-state index in [-0.39, 0.29) is 23.4 Å². The monoisotopic (exact) mass is 435 g/mol. The lowest BCUT2D eigenvalue weighted by Crippen LogP contribution is -2.18. The lowest BCUT2D eigenvalue weighted by atomic mass is 10.1. The molecule has 1 N–H and O–H groups in total. The van der Waals surface area contributed by atoms with Crippen LogP contribution in [-0.2, 0) is 16.1 Å². The Hall–Kier alpha value is -4.49. The van der Waals surface area contributed by atoms with Crippen LogP contribution in [0.15, 0.2) is 45.6 Å². The first-order valence-electron chi connectivity index (χ1n) is 9.19. The number of aromatic nitrogens is 1. The van der Waals surface area contributed by atoms with E-state index in [0.29, 0.717) is 22.6 Å². The van der Waals surface area contributed by atoms with Gasteiger partial charge in [-0.25, -0.2) is 4.79 Å². The van der Waals surface area contributed by atoms with Gasteiger partial charge in [-0.2, -0.15) is 5.26 Å². The van der Waals surface area contributed by atoms with Crippen LogP contribution in [0.4, 0.5) is 5.69 Å². The summed E-state index contributed by atoms with van der Waals surface area (Å²) in [5, 5.41) is 20.9. The molecule has 0 aliphatic carbocycles. The molecule has 0 atom stereocenters. The van der Waals surface area contributed by atoms with Crippen LogP contribution in [0.3, 0.4) is 0 Å². The van der Waals surface area contributed by atoms with Crippen molar-refractivity contribution in [1.82, 2.24) is 4.98 Å². The molecule has 0 aliphatic rings. The third-order valence-electron chi connectivity index (χ3n) is 4.54. The topological polar surface area (TPSA) is 148 Å². The molecule has 0 aliphatic heterocycles. The molecule has 3 rings (SSSR count). The number of aromatic amines is 1. The van der Waals surface area contributed by atoms with Gasteiger partial charge in [0.05, 0.1) is 29.8 Å². The average Bonchev–Trinajstić information content (AvgIpc) is 3.26. The highest BCUT2D eigenvalue weighted by atomic mass is 16.6. The Kier molecular flexibility index (Phi) is 6.62. The zero-order chi connectivity index (χ0) is 23.3. The fourth-order valence-corrected chi connectivity index (χ4v) is 3.13. The summed E-state index contributed by atoms with van der Waals surface area (Å²) in [5.74, 6) is 0.173. The van der Waals surface area contributed by atoms with Crippen LogP contribution >= 0.6 is 0 Å². The van der Waals surface area contributed by atoms with Gasteiger partial charge in [0.15, 0.2) is 0 Å². The van der Waals surface area contributed by atoms with E-state index in [4.69, 9.17) is 13.9 Å². The number of nitrogens with zero attached hydrogens (tertiary/aromatic N) is 2. The third kappa shape index (κ3) is 4.33. The zero-order valence-electron chi connectivity index (χ0n) is 17.1. The lowest BCUT2D eigenvalue weighted by Gasteiger charge is -2.06. The van der Waals surface area contributed by atoms with Crippen LogP contribution in [0, 0.1) is 21.4 Å². The minimum atomic E-state index is -0.767. The number of carbonyl (C=O) groups is 1. The van der Waals surface area contributed by atoms with Crippen LogP contribution in [0.25, 0.3) is 23.5 Å². The number of nitrogens with one attached hydrogen (secondary N) is 1. The second kappa shape index (κ2) is 9.55. The Balaban J connectivity index is 2.03. The van der Waals surface area contributed by atoms with Gasteiger partial charge in [0.1, 0.15) is 28.8 Å². The molecule has 32 heavy (non-hydrogen) atoms. The molecule has 0 saturated heterocycles. The van der Waals surface area contributed by atoms with Crippen molar-refractivity contribution < 1.29 is 23.6 Å². The summed E-state index contributed by atoms with van der Waals surface area (Å²) in [5.41, 5.74) is -0.987. The Morgan fingerprint density at radius 3 is 2.66 bits per heavy atom. The van der Waals surface area contributed by atoms with Gasteiger partial charge in [-0.05, 0) is 30.4 Å². The number of rotatable bonds is 7. The summed E-state index contributed by atoms with van der Waals surface area (Å²) in [6.45, 7) is -0.279. The largest absolute Gasteiger partial charge is 0.465 e. The van der Waals surface area contributed by atoms with Crippen LogP contribution in [-0.4, -0.2) is 30.1 Å². The fourth-order valence-electron chi connectivity index (χ4n) is 3.13. The zero-order valence-corrected chi connectivity index (χ0v) is 17.1. The Morgan fingerprint density at radius 1 is 1.25 bits per heavy atom. The van der Waals surface area contributed by atoms with Crippen molar-refractivity contribution >= 4 is 23.8 Å². The van der Waals surface area contributed by atoms with E-state index >= 15 is 0 Å². The second-order valence-electron chi connectivity index (χ2n) is 6.44. The van der Waals surface area contributed by atoms with Crippen molar-refractivity contribution in [3.8, 4) is 17.4 Å². The first kappa shape index (κ1) is 22.2. The number of hydrogen-bond acceptors (Lipinski definition) is 8. The number of H-pyrrole nitrogens is 1. The SMILES string of the molecule is COCc1c([N+](=O)[O-])c(/C=C/c2ccc(-c3ccccc3C(=O)OC)o2)[nH]c(=O)c1C#N. The molecule has 0 unspecified atom stereocenters. The number of nitro groups is 1. The number of nitriles is 1. The van der Waals surface area contributed by atoms with Crippen LogP contribution in [0.1, 0.15) is 32.9 Å². The maximum Gasteiger partial charge on any atom is 0.338 e. The maximum atomic E-state index is 12.2. The predicted octanol–water partition coefficient (Wildman–Crippen LogP) is 3.52. The number of furan rings is 1. The minimum Gasteiger partial charge on any atom is -0.465 e. The van der Waals surface area contributed by atoms with E-state index in [2.05, 4.69) is 4.98 Å². The standard InChI is InChI=1S/C22H17N3O7/c1-30-12-17-16(11-23)21(26)24-18(20(17)25(28)29)9-7-13-8-10-19(32-13)14-5-3-4-6-15(14)22(27)31-2/h3-10H,12H2,1-2H3,(H,24,26)/b9-7+. The van der Waals surface area contributed by atoms with Gasteiger partial charge < -0.3 is 18.9 Å². The molecule has 0 radical (unpaired) electrons. The molecule has 3 aromatic rings. The summed E-state index contributed by atoms with van der Waals surface area (Å²) in [7, 11) is 2.58. The van der Waals surface area contributed by atoms with E-state index in [1.807, 2.05) is 0 Å². The van der Waals surface area contributed by atoms with Crippen molar-refractivity contribution in [1.29, 1.82) is 5.26 Å². The first-order chi connectivity index (χ1) is 15.4. The Labute approximate surface area is 181 Å². The third-order valence-corrected chi connectivity index (χ3v) is 4.54. The summed E-state index contributed by atoms with van der Waals surface area (Å²) >= 11 is 0. The molecule has 162 valence electrons. The van der Waals surface area contributed by atoms with Crippen molar-refractivity contribution in [2.45, 2.75) is 6.61 Å². The molecule has 0 spiro atoms. The molecule has 0 amide bonds. The van der Waals surface area contributed by atoms with Crippen LogP contribution < -0.4 is 5.56 Å². The minimum absolute atomic E-state index is 0.112. The van der Waals surface area contributed by atoms with Gasteiger partial charge in [0.25, 0.3) is 11.2 Å². The number of carbonyl (C=O) groups excluding carboxylic acids is 1. The summed E-state index contributed by atoms with van der Waals surface area (Å²) in [4.78, 5) is 37.5. The lowest BCUT2D eigenvalue weighted by molar-refractivity contribution is -0.386. The Bertz CT molecular complexity index is 1310. The predicted molar refractivity (Wildman–Crippen MR) is 114 cm³/mol. The smallest absolute Gasteiger partial charge is 0.338 e. The van der Waals surface area contributed by atoms with Crippen LogP contribution in [0.2, 0.25) is 0 Å². The van der Waals surface area contributed by atoms with E-state index in [1.165, 1.54) is 26.4 Å². The molecule has 2 aromatic heterocycles. The number of methoxy groups -OCH3 is 2. The quantitative estimate of drug-likeness (QED) is 0.337. The van der Waals surface area contributed by atoms with E-state index in [0.717, 1.165) is 0 Å². The molecule has 1 aromatic carbocycles. The number of hydrogen-bond donors (Lipinski definition) is 1. The molecule has 0 bridgehead atoms. The molecule has 2 heterocycles. The van der Waals surface area contributed by atoms with E-state index in [9.17, 15) is 25.0 Å². The van der Waals surface area contributed by atoms with Gasteiger partial charge in [-0.3, -0.25) is 14.9 Å². The highest BCUT2D eigenvalue weighted by molar-refractivity contribution is 5.96. The number of pyridine rings is 1. The number of ether oxygens (including phenoxy) is 2. The fraction of sp³-hybridized carbons (Fsp3) is 0.136. The molecule has 10 heteroatoms. The van der Waals surface area contributed by atoms with Crippen LogP contribution in [0.5, 0.6) is 0 Å². The van der Waals surface area contributed by atoms with Gasteiger partial charge in [-0.15, -0.1) is 0 Å². The Morgan fingerprint density at radius 2 is 2.00 bits per heavy atom. The molecule has 0 saturated carbocycles. The number of esters is 1. The van der Waals surface area contributed by atoms with E-state index in [1.54, 1.807) is 42.5 Å². The summed E-state index contributed by atoms with van der Waals surface area (Å²) in [6, 6.07) is 11.6. The van der Waals surface area contributed by atoms with Crippen molar-refractivity contribution in [3.05, 3.63) is 85.0 Å². The van der Waals surface area contributed by atoms with E-state index < -0.39 is 22.1 Å². The average molecular weight is 435 g/mol. The summed E-state index contributed by atoms with van der Waals surface area (Å²) < 4.78 is 15.5. The highest BCUT2D eigenvalue weighted by Gasteiger charge is 2.25. The van der Waals surface area contributed by atoms with Gasteiger partial charge in [0, 0.05) is 12.7 Å². The van der Waals surface area contributed by atoms with Crippen molar-refractivity contribution in [2.24, 2.45) is 0 Å². The highest BCUT2D eigenvalue weighted by Crippen LogP contribution is 2.29.